The second-order valence-electron chi connectivity index (χ2n) is 4.35. The Labute approximate surface area is 121 Å². The predicted octanol–water partition coefficient (Wildman–Crippen LogP) is 1.76. The molecule has 0 saturated carbocycles. The zero-order valence-electron chi connectivity index (χ0n) is 11.2. The van der Waals surface area contributed by atoms with E-state index in [0.717, 1.165) is 6.26 Å². The van der Waals surface area contributed by atoms with Crippen molar-refractivity contribution in [3.05, 3.63) is 53.9 Å². The summed E-state index contributed by atoms with van der Waals surface area (Å²) >= 11 is 0. The van der Waals surface area contributed by atoms with Crippen molar-refractivity contribution in [3.8, 4) is 5.75 Å². The molecule has 1 N–H and O–H groups in total. The van der Waals surface area contributed by atoms with Gasteiger partial charge in [0, 0.05) is 6.26 Å². The number of sulfone groups is 1. The lowest BCUT2D eigenvalue weighted by Crippen LogP contribution is -2.05. The number of carboxylic acids is 1. The van der Waals surface area contributed by atoms with Gasteiger partial charge in [0.15, 0.2) is 9.84 Å². The van der Waals surface area contributed by atoms with E-state index < -0.39 is 15.8 Å². The fourth-order valence-corrected chi connectivity index (χ4v) is 2.25. The maximum Gasteiger partial charge on any atom is 0.354 e. The van der Waals surface area contributed by atoms with Gasteiger partial charge in [0.25, 0.3) is 0 Å². The van der Waals surface area contributed by atoms with Gasteiger partial charge in [-0.15, -0.1) is 0 Å². The molecule has 0 aliphatic carbocycles. The van der Waals surface area contributed by atoms with Crippen molar-refractivity contribution in [2.75, 3.05) is 6.26 Å². The van der Waals surface area contributed by atoms with Gasteiger partial charge in [-0.3, -0.25) is 0 Å². The Kier molecular flexibility index (Phi) is 4.23. The first-order valence-corrected chi connectivity index (χ1v) is 7.87. The molecule has 6 nitrogen and oxygen atoms in total. The molecular weight excluding hydrogens is 294 g/mol. The van der Waals surface area contributed by atoms with Crippen molar-refractivity contribution >= 4 is 15.8 Å². The standard InChI is InChI=1S/C14H13NO5S/c1-21(18,19)12-7-5-11(6-8-12)20-9-10-3-2-4-13(15-10)14(16)17/h2-8H,9H2,1H3,(H,16,17). The molecule has 0 aliphatic heterocycles. The summed E-state index contributed by atoms with van der Waals surface area (Å²) in [5, 5.41) is 8.84. The van der Waals surface area contributed by atoms with Crippen LogP contribution in [0.5, 0.6) is 5.75 Å². The molecule has 0 fully saturated rings. The molecule has 1 aromatic heterocycles. The third-order valence-corrected chi connectivity index (χ3v) is 3.79. The van der Waals surface area contributed by atoms with Crippen LogP contribution in [0.4, 0.5) is 0 Å². The maximum absolute atomic E-state index is 11.3. The lowest BCUT2D eigenvalue weighted by molar-refractivity contribution is 0.0690. The van der Waals surface area contributed by atoms with Crippen LogP contribution in [0.3, 0.4) is 0 Å². The average Bonchev–Trinajstić information content (AvgIpc) is 2.45. The number of hydrogen-bond acceptors (Lipinski definition) is 5. The highest BCUT2D eigenvalue weighted by molar-refractivity contribution is 7.90. The first-order valence-electron chi connectivity index (χ1n) is 5.98. The average molecular weight is 307 g/mol. The summed E-state index contributed by atoms with van der Waals surface area (Å²) in [7, 11) is -3.23. The molecule has 0 atom stereocenters. The van der Waals surface area contributed by atoms with E-state index >= 15 is 0 Å². The van der Waals surface area contributed by atoms with E-state index in [9.17, 15) is 13.2 Å². The topological polar surface area (TPSA) is 93.6 Å². The molecule has 2 rings (SSSR count). The number of nitrogens with zero attached hydrogens (tertiary/aromatic N) is 1. The molecule has 21 heavy (non-hydrogen) atoms. The predicted molar refractivity (Wildman–Crippen MR) is 75.1 cm³/mol. The smallest absolute Gasteiger partial charge is 0.354 e. The molecule has 0 unspecified atom stereocenters. The molecule has 7 heteroatoms. The van der Waals surface area contributed by atoms with E-state index in [2.05, 4.69) is 4.98 Å². The van der Waals surface area contributed by atoms with Crippen molar-refractivity contribution < 1.29 is 23.1 Å². The third-order valence-electron chi connectivity index (χ3n) is 2.66. The van der Waals surface area contributed by atoms with Crippen LogP contribution in [0.2, 0.25) is 0 Å². The zero-order valence-corrected chi connectivity index (χ0v) is 12.0. The van der Waals surface area contributed by atoms with Gasteiger partial charge in [-0.1, -0.05) is 6.07 Å². The minimum atomic E-state index is -3.23. The Bertz CT molecular complexity index is 753. The summed E-state index contributed by atoms with van der Waals surface area (Å²) in [5.41, 5.74) is 0.422. The van der Waals surface area contributed by atoms with Crippen LogP contribution in [0.15, 0.2) is 47.4 Å². The molecule has 0 amide bonds. The van der Waals surface area contributed by atoms with Crippen LogP contribution in [0.25, 0.3) is 0 Å². The van der Waals surface area contributed by atoms with Gasteiger partial charge in [0.1, 0.15) is 18.1 Å². The van der Waals surface area contributed by atoms with E-state index in [0.29, 0.717) is 11.4 Å². The monoisotopic (exact) mass is 307 g/mol. The van der Waals surface area contributed by atoms with Gasteiger partial charge in [0.2, 0.25) is 0 Å². The molecule has 0 bridgehead atoms. The van der Waals surface area contributed by atoms with Crippen molar-refractivity contribution in [2.24, 2.45) is 0 Å². The Balaban J connectivity index is 2.06. The van der Waals surface area contributed by atoms with E-state index in [-0.39, 0.29) is 17.2 Å². The summed E-state index contributed by atoms with van der Waals surface area (Å²) in [5.74, 6) is -0.626. The molecule has 1 aromatic carbocycles. The highest BCUT2D eigenvalue weighted by Gasteiger charge is 2.08. The number of carboxylic acid groups (broad SMARTS) is 1. The van der Waals surface area contributed by atoms with Crippen molar-refractivity contribution in [3.63, 3.8) is 0 Å². The first kappa shape index (κ1) is 15.0. The highest BCUT2D eigenvalue weighted by atomic mass is 32.2. The fraction of sp³-hybridized carbons (Fsp3) is 0.143. The number of hydrogen-bond donors (Lipinski definition) is 1. The molecule has 2 aromatic rings. The molecule has 110 valence electrons. The number of aromatic carboxylic acids is 1. The maximum atomic E-state index is 11.3. The lowest BCUT2D eigenvalue weighted by Gasteiger charge is -2.07. The van der Waals surface area contributed by atoms with Gasteiger partial charge in [0.05, 0.1) is 10.6 Å². The Morgan fingerprint density at radius 3 is 2.43 bits per heavy atom. The van der Waals surface area contributed by atoms with Crippen LogP contribution >= 0.6 is 0 Å². The van der Waals surface area contributed by atoms with Gasteiger partial charge in [-0.2, -0.15) is 0 Å². The van der Waals surface area contributed by atoms with Gasteiger partial charge >= 0.3 is 5.97 Å². The van der Waals surface area contributed by atoms with Crippen LogP contribution in [0.1, 0.15) is 16.2 Å². The van der Waals surface area contributed by atoms with Gasteiger partial charge in [-0.25, -0.2) is 18.2 Å². The van der Waals surface area contributed by atoms with Crippen LogP contribution in [-0.2, 0) is 16.4 Å². The van der Waals surface area contributed by atoms with Gasteiger partial charge in [-0.05, 0) is 36.4 Å². The summed E-state index contributed by atoms with van der Waals surface area (Å²) in [4.78, 5) is 14.9. The molecule has 0 aliphatic rings. The summed E-state index contributed by atoms with van der Waals surface area (Å²) in [6, 6.07) is 10.6. The third kappa shape index (κ3) is 4.03. The molecule has 0 spiro atoms. The number of benzene rings is 1. The summed E-state index contributed by atoms with van der Waals surface area (Å²) < 4.78 is 28.1. The minimum Gasteiger partial charge on any atom is -0.487 e. The van der Waals surface area contributed by atoms with Crippen molar-refractivity contribution in [1.29, 1.82) is 0 Å². The molecule has 0 radical (unpaired) electrons. The largest absolute Gasteiger partial charge is 0.487 e. The van der Waals surface area contributed by atoms with Crippen LogP contribution in [0, 0.1) is 0 Å². The molecular formula is C14H13NO5S. The second kappa shape index (κ2) is 5.92. The van der Waals surface area contributed by atoms with E-state index in [4.69, 9.17) is 9.84 Å². The van der Waals surface area contributed by atoms with E-state index in [1.165, 1.54) is 30.3 Å². The molecule has 1 heterocycles. The highest BCUT2D eigenvalue weighted by Crippen LogP contribution is 2.16. The lowest BCUT2D eigenvalue weighted by atomic mass is 10.3. The summed E-state index contributed by atoms with van der Waals surface area (Å²) in [6.07, 6.45) is 1.13. The normalized spacial score (nSPS) is 11.1. The quantitative estimate of drug-likeness (QED) is 0.904. The van der Waals surface area contributed by atoms with E-state index in [1.807, 2.05) is 0 Å². The Morgan fingerprint density at radius 1 is 1.19 bits per heavy atom. The SMILES string of the molecule is CS(=O)(=O)c1ccc(OCc2cccc(C(=O)O)n2)cc1. The summed E-state index contributed by atoms with van der Waals surface area (Å²) in [6.45, 7) is 0.0966. The number of aromatic nitrogens is 1. The van der Waals surface area contributed by atoms with Crippen molar-refractivity contribution in [1.82, 2.24) is 4.98 Å². The number of ether oxygens (including phenoxy) is 1. The minimum absolute atomic E-state index is 0.0523. The van der Waals surface area contributed by atoms with Gasteiger partial charge < -0.3 is 9.84 Å². The molecule has 0 saturated heterocycles. The second-order valence-corrected chi connectivity index (χ2v) is 6.37. The van der Waals surface area contributed by atoms with Crippen LogP contribution in [-0.4, -0.2) is 30.7 Å². The van der Waals surface area contributed by atoms with Crippen LogP contribution < -0.4 is 4.74 Å². The number of pyridine rings is 1. The number of carbonyl (C=O) groups is 1. The Morgan fingerprint density at radius 2 is 1.86 bits per heavy atom. The van der Waals surface area contributed by atoms with Crippen molar-refractivity contribution in [2.45, 2.75) is 11.5 Å². The first-order chi connectivity index (χ1) is 9.86. The zero-order chi connectivity index (χ0) is 15.5. The fourth-order valence-electron chi connectivity index (χ4n) is 1.62. The number of rotatable bonds is 5. The Hall–Kier alpha value is -2.41. The van der Waals surface area contributed by atoms with E-state index in [1.54, 1.807) is 12.1 Å².